The minimum absolute atomic E-state index is 0.00383. The number of aliphatic hydroxyl groups is 1. The Balaban J connectivity index is 2.47. The van der Waals surface area contributed by atoms with Gasteiger partial charge in [-0.25, -0.2) is 0 Å². The lowest BCUT2D eigenvalue weighted by molar-refractivity contribution is -0.169. The van der Waals surface area contributed by atoms with Gasteiger partial charge in [0.1, 0.15) is 24.2 Å². The molecule has 0 bridgehead atoms. The molecule has 0 spiro atoms. The molecule has 0 amide bonds. The summed E-state index contributed by atoms with van der Waals surface area (Å²) in [7, 11) is 3.78. The third-order valence-corrected chi connectivity index (χ3v) is 5.76. The minimum Gasteiger partial charge on any atom is -0.469 e. The number of nitrogens with zero attached hydrogens (tertiary/aromatic N) is 1. The molecule has 166 valence electrons. The van der Waals surface area contributed by atoms with Gasteiger partial charge in [0.2, 0.25) is 0 Å². The van der Waals surface area contributed by atoms with E-state index in [1.54, 1.807) is 34.9 Å². The maximum absolute atomic E-state index is 13.6. The lowest BCUT2D eigenvalue weighted by Gasteiger charge is -2.41. The molecule has 1 aliphatic carbocycles. The van der Waals surface area contributed by atoms with Crippen molar-refractivity contribution in [1.82, 2.24) is 4.57 Å². The number of hydrogen-bond donors (Lipinski definition) is 1. The third-order valence-electron chi connectivity index (χ3n) is 5.76. The number of esters is 2. The SMILES string of the molecule is COCn1c2c(c3ccccc31)C(O)(CC=C(C)C)[C@H](C(=O)OC)[C@@H](C(=O)OC)C2=O. The van der Waals surface area contributed by atoms with Crippen molar-refractivity contribution in [1.29, 1.82) is 0 Å². The van der Waals surface area contributed by atoms with Crippen LogP contribution in [0.25, 0.3) is 10.9 Å². The fourth-order valence-corrected chi connectivity index (χ4v) is 4.41. The van der Waals surface area contributed by atoms with Crippen LogP contribution in [-0.4, -0.2) is 48.7 Å². The Hall–Kier alpha value is -2.97. The van der Waals surface area contributed by atoms with Gasteiger partial charge in [0, 0.05) is 18.1 Å². The number of para-hydroxylation sites is 1. The molecular formula is C23H27NO7. The number of benzene rings is 1. The van der Waals surface area contributed by atoms with E-state index < -0.39 is 35.2 Å². The number of allylic oxidation sites excluding steroid dienone is 1. The number of carbonyl (C=O) groups excluding carboxylic acids is 3. The van der Waals surface area contributed by atoms with Gasteiger partial charge >= 0.3 is 11.9 Å². The first kappa shape index (κ1) is 22.7. The highest BCUT2D eigenvalue weighted by Gasteiger charge is 2.60. The van der Waals surface area contributed by atoms with Crippen molar-refractivity contribution in [3.8, 4) is 0 Å². The van der Waals surface area contributed by atoms with Crippen LogP contribution < -0.4 is 0 Å². The van der Waals surface area contributed by atoms with Crippen molar-refractivity contribution in [2.75, 3.05) is 21.3 Å². The van der Waals surface area contributed by atoms with Gasteiger partial charge in [0.05, 0.1) is 25.4 Å². The maximum atomic E-state index is 13.6. The van der Waals surface area contributed by atoms with Gasteiger partial charge in [-0.15, -0.1) is 0 Å². The fraction of sp³-hybridized carbons (Fsp3) is 0.435. The Morgan fingerprint density at radius 1 is 1.13 bits per heavy atom. The quantitative estimate of drug-likeness (QED) is 0.427. The average Bonchev–Trinajstić information content (AvgIpc) is 3.09. The highest BCUT2D eigenvalue weighted by atomic mass is 16.5. The van der Waals surface area contributed by atoms with Crippen LogP contribution in [0, 0.1) is 11.8 Å². The molecule has 1 aromatic carbocycles. The minimum atomic E-state index is -1.88. The van der Waals surface area contributed by atoms with Crippen molar-refractivity contribution >= 4 is 28.6 Å². The van der Waals surface area contributed by atoms with E-state index in [0.717, 1.165) is 19.8 Å². The average molecular weight is 429 g/mol. The molecule has 1 aliphatic rings. The van der Waals surface area contributed by atoms with Crippen LogP contribution in [0.2, 0.25) is 0 Å². The van der Waals surface area contributed by atoms with Crippen LogP contribution >= 0.6 is 0 Å². The summed E-state index contributed by atoms with van der Waals surface area (Å²) in [4.78, 5) is 39.2. The Kier molecular flexibility index (Phi) is 6.33. The lowest BCUT2D eigenvalue weighted by Crippen LogP contribution is -2.54. The summed E-state index contributed by atoms with van der Waals surface area (Å²) >= 11 is 0. The Morgan fingerprint density at radius 2 is 1.77 bits per heavy atom. The summed E-state index contributed by atoms with van der Waals surface area (Å²) in [6, 6.07) is 7.15. The molecule has 3 rings (SSSR count). The molecule has 8 nitrogen and oxygen atoms in total. The van der Waals surface area contributed by atoms with Gasteiger partial charge < -0.3 is 23.9 Å². The zero-order valence-electron chi connectivity index (χ0n) is 18.3. The molecule has 31 heavy (non-hydrogen) atoms. The second-order valence-corrected chi connectivity index (χ2v) is 7.86. The highest BCUT2D eigenvalue weighted by Crippen LogP contribution is 2.50. The van der Waals surface area contributed by atoms with Gasteiger partial charge in [-0.2, -0.15) is 0 Å². The molecule has 0 radical (unpaired) electrons. The summed E-state index contributed by atoms with van der Waals surface area (Å²) in [6.45, 7) is 3.74. The van der Waals surface area contributed by atoms with Crippen LogP contribution in [0.5, 0.6) is 0 Å². The standard InChI is InChI=1S/C23H27NO7/c1-13(2)10-11-23(28)17-14-8-6-7-9-15(14)24(12-29-3)19(17)20(25)16(21(26)30-4)18(23)22(27)31-5/h6-10,16,18,28H,11-12H2,1-5H3/t16-,18+,23?/m1/s1. The van der Waals surface area contributed by atoms with Crippen LogP contribution in [-0.2, 0) is 36.1 Å². The van der Waals surface area contributed by atoms with Crippen molar-refractivity contribution in [2.24, 2.45) is 11.8 Å². The third kappa shape index (κ3) is 3.55. The van der Waals surface area contributed by atoms with E-state index in [4.69, 9.17) is 14.2 Å². The van der Waals surface area contributed by atoms with Crippen LogP contribution in [0.15, 0.2) is 35.9 Å². The van der Waals surface area contributed by atoms with E-state index in [2.05, 4.69) is 0 Å². The zero-order valence-corrected chi connectivity index (χ0v) is 18.3. The van der Waals surface area contributed by atoms with E-state index in [1.807, 2.05) is 13.8 Å². The zero-order chi connectivity index (χ0) is 22.9. The summed E-state index contributed by atoms with van der Waals surface area (Å²) in [5.74, 6) is -5.41. The molecule has 0 saturated heterocycles. The molecule has 1 heterocycles. The number of hydrogen-bond acceptors (Lipinski definition) is 7. The Bertz CT molecular complexity index is 1060. The first-order valence-electron chi connectivity index (χ1n) is 9.89. The first-order valence-corrected chi connectivity index (χ1v) is 9.89. The van der Waals surface area contributed by atoms with E-state index >= 15 is 0 Å². The van der Waals surface area contributed by atoms with Gasteiger partial charge in [0.25, 0.3) is 0 Å². The number of ether oxygens (including phenoxy) is 3. The second-order valence-electron chi connectivity index (χ2n) is 7.86. The topological polar surface area (TPSA) is 104 Å². The lowest BCUT2D eigenvalue weighted by atomic mass is 9.65. The van der Waals surface area contributed by atoms with Gasteiger partial charge in [-0.05, 0) is 26.3 Å². The van der Waals surface area contributed by atoms with E-state index in [9.17, 15) is 19.5 Å². The molecule has 1 unspecified atom stereocenters. The number of carbonyl (C=O) groups is 3. The van der Waals surface area contributed by atoms with Crippen LogP contribution in [0.3, 0.4) is 0 Å². The van der Waals surface area contributed by atoms with Crippen LogP contribution in [0.4, 0.5) is 0 Å². The molecule has 1 N–H and O–H groups in total. The molecule has 2 aromatic rings. The fourth-order valence-electron chi connectivity index (χ4n) is 4.41. The highest BCUT2D eigenvalue weighted by molar-refractivity contribution is 6.15. The van der Waals surface area contributed by atoms with Gasteiger partial charge in [0.15, 0.2) is 5.78 Å². The number of ketones is 1. The van der Waals surface area contributed by atoms with Crippen molar-refractivity contribution in [2.45, 2.75) is 32.6 Å². The molecule has 1 aromatic heterocycles. The van der Waals surface area contributed by atoms with Crippen LogP contribution in [0.1, 0.15) is 36.3 Å². The smallest absolute Gasteiger partial charge is 0.317 e. The van der Waals surface area contributed by atoms with E-state index in [-0.39, 0.29) is 18.8 Å². The monoisotopic (exact) mass is 429 g/mol. The van der Waals surface area contributed by atoms with E-state index in [1.165, 1.54) is 7.11 Å². The predicted molar refractivity (Wildman–Crippen MR) is 112 cm³/mol. The molecule has 0 fully saturated rings. The Morgan fingerprint density at radius 3 is 2.35 bits per heavy atom. The maximum Gasteiger partial charge on any atom is 0.317 e. The number of Topliss-reactive ketones (excluding diaryl/α,β-unsaturated/α-hetero) is 1. The second kappa shape index (κ2) is 8.64. The van der Waals surface area contributed by atoms with Gasteiger partial charge in [-0.3, -0.25) is 14.4 Å². The largest absolute Gasteiger partial charge is 0.469 e. The number of aromatic nitrogens is 1. The van der Waals surface area contributed by atoms with Gasteiger partial charge in [-0.1, -0.05) is 29.8 Å². The summed E-state index contributed by atoms with van der Waals surface area (Å²) < 4.78 is 16.7. The Labute approximate surface area is 180 Å². The predicted octanol–water partition coefficient (Wildman–Crippen LogP) is 2.56. The molecule has 8 heteroatoms. The molecular weight excluding hydrogens is 402 g/mol. The number of rotatable bonds is 6. The van der Waals surface area contributed by atoms with Crippen molar-refractivity contribution < 1.29 is 33.7 Å². The summed E-state index contributed by atoms with van der Waals surface area (Å²) in [5, 5.41) is 12.7. The van der Waals surface area contributed by atoms with Crippen molar-refractivity contribution in [3.63, 3.8) is 0 Å². The number of methoxy groups -OCH3 is 3. The van der Waals surface area contributed by atoms with Crippen molar-refractivity contribution in [3.05, 3.63) is 47.2 Å². The molecule has 0 aliphatic heterocycles. The molecule has 0 saturated carbocycles. The summed E-state index contributed by atoms with van der Waals surface area (Å²) in [5.41, 5.74) is 0.0880. The molecule has 3 atom stereocenters. The van der Waals surface area contributed by atoms with E-state index in [0.29, 0.717) is 16.5 Å². The number of fused-ring (bicyclic) bond motifs is 3. The normalized spacial score (nSPS) is 22.7. The first-order chi connectivity index (χ1) is 14.7. The summed E-state index contributed by atoms with van der Waals surface area (Å²) in [6.07, 6.45) is 1.77.